The van der Waals surface area contributed by atoms with Crippen molar-refractivity contribution >= 4 is 33.3 Å². The normalized spacial score (nSPS) is 10.9. The van der Waals surface area contributed by atoms with Crippen LogP contribution >= 0.6 is 27.5 Å². The Morgan fingerprint density at radius 2 is 2.17 bits per heavy atom. The van der Waals surface area contributed by atoms with Gasteiger partial charge in [0.25, 0.3) is 0 Å². The van der Waals surface area contributed by atoms with Gasteiger partial charge in [-0.15, -0.1) is 0 Å². The number of benzene rings is 1. The molecule has 2 rings (SSSR count). The zero-order valence-electron chi connectivity index (χ0n) is 10.4. The Morgan fingerprint density at radius 3 is 2.78 bits per heavy atom. The van der Waals surface area contributed by atoms with Crippen LogP contribution in [0.1, 0.15) is 19.2 Å². The Morgan fingerprint density at radius 1 is 1.44 bits per heavy atom. The molecule has 0 aliphatic heterocycles. The van der Waals surface area contributed by atoms with Gasteiger partial charge in [0.2, 0.25) is 0 Å². The summed E-state index contributed by atoms with van der Waals surface area (Å²) in [6, 6.07) is 5.72. The number of nitrogens with two attached hydrogens (primary N) is 1. The standard InChI is InChI=1S/C13H15BrClN3/c1-3-4-11-17-12(13(16)18(11)2)8-5-6-10(15)9(14)7-8/h5-7H,3-4,16H2,1-2H3. The summed E-state index contributed by atoms with van der Waals surface area (Å²) in [7, 11) is 1.95. The van der Waals surface area contributed by atoms with E-state index in [0.29, 0.717) is 10.8 Å². The van der Waals surface area contributed by atoms with Crippen molar-refractivity contribution in [1.82, 2.24) is 9.55 Å². The molecule has 0 spiro atoms. The largest absolute Gasteiger partial charge is 0.383 e. The van der Waals surface area contributed by atoms with Crippen LogP contribution in [-0.2, 0) is 13.5 Å². The van der Waals surface area contributed by atoms with Crippen molar-refractivity contribution in [2.24, 2.45) is 7.05 Å². The summed E-state index contributed by atoms with van der Waals surface area (Å²) >= 11 is 9.41. The smallest absolute Gasteiger partial charge is 0.131 e. The molecule has 0 atom stereocenters. The molecule has 0 saturated carbocycles. The first-order valence-corrected chi connectivity index (χ1v) is 6.98. The van der Waals surface area contributed by atoms with E-state index in [1.165, 1.54) is 0 Å². The second kappa shape index (κ2) is 5.33. The van der Waals surface area contributed by atoms with Crippen LogP contribution in [0.15, 0.2) is 22.7 Å². The van der Waals surface area contributed by atoms with Gasteiger partial charge in [0.05, 0.1) is 5.02 Å². The van der Waals surface area contributed by atoms with Crippen molar-refractivity contribution < 1.29 is 0 Å². The van der Waals surface area contributed by atoms with Gasteiger partial charge in [0.1, 0.15) is 17.3 Å². The molecule has 2 aromatic rings. The molecule has 96 valence electrons. The number of imidazole rings is 1. The lowest BCUT2D eigenvalue weighted by Crippen LogP contribution is -2.01. The fourth-order valence-corrected chi connectivity index (χ4v) is 2.36. The third-order valence-corrected chi connectivity index (χ3v) is 4.11. The van der Waals surface area contributed by atoms with Gasteiger partial charge >= 0.3 is 0 Å². The number of anilines is 1. The molecule has 3 nitrogen and oxygen atoms in total. The summed E-state index contributed by atoms with van der Waals surface area (Å²) in [6.45, 7) is 2.13. The van der Waals surface area contributed by atoms with Crippen LogP contribution in [0, 0.1) is 0 Å². The van der Waals surface area contributed by atoms with Crippen molar-refractivity contribution in [3.63, 3.8) is 0 Å². The molecule has 0 radical (unpaired) electrons. The predicted octanol–water partition coefficient (Wildman–Crippen LogP) is 4.04. The van der Waals surface area contributed by atoms with E-state index in [9.17, 15) is 0 Å². The minimum atomic E-state index is 0.682. The van der Waals surface area contributed by atoms with Crippen LogP contribution < -0.4 is 5.73 Å². The zero-order chi connectivity index (χ0) is 13.3. The number of halogens is 2. The highest BCUT2D eigenvalue weighted by molar-refractivity contribution is 9.10. The minimum absolute atomic E-state index is 0.682. The third-order valence-electron chi connectivity index (χ3n) is 2.90. The lowest BCUT2D eigenvalue weighted by molar-refractivity contribution is 0.764. The molecule has 0 fully saturated rings. The van der Waals surface area contributed by atoms with E-state index in [4.69, 9.17) is 17.3 Å². The van der Waals surface area contributed by atoms with Crippen molar-refractivity contribution in [1.29, 1.82) is 0 Å². The van der Waals surface area contributed by atoms with E-state index in [1.807, 2.05) is 29.8 Å². The molecule has 0 amide bonds. The summed E-state index contributed by atoms with van der Waals surface area (Å²) in [4.78, 5) is 4.61. The van der Waals surface area contributed by atoms with Crippen LogP contribution in [-0.4, -0.2) is 9.55 Å². The molecule has 1 heterocycles. The number of hydrogen-bond acceptors (Lipinski definition) is 2. The summed E-state index contributed by atoms with van der Waals surface area (Å²) in [6.07, 6.45) is 1.98. The highest BCUT2D eigenvalue weighted by atomic mass is 79.9. The maximum Gasteiger partial charge on any atom is 0.131 e. The Bertz CT molecular complexity index is 578. The highest BCUT2D eigenvalue weighted by Crippen LogP contribution is 2.31. The zero-order valence-corrected chi connectivity index (χ0v) is 12.7. The van der Waals surface area contributed by atoms with Gasteiger partial charge in [0, 0.05) is 23.5 Å². The Hall–Kier alpha value is -1.00. The van der Waals surface area contributed by atoms with Crippen LogP contribution in [0.4, 0.5) is 5.82 Å². The average Bonchev–Trinajstić information content (AvgIpc) is 2.62. The second-order valence-corrected chi connectivity index (χ2v) is 5.46. The number of hydrogen-bond donors (Lipinski definition) is 1. The summed E-state index contributed by atoms with van der Waals surface area (Å²) in [5.41, 5.74) is 7.90. The SMILES string of the molecule is CCCc1nc(-c2ccc(Cl)c(Br)c2)c(N)n1C. The Kier molecular flexibility index (Phi) is 3.97. The van der Waals surface area contributed by atoms with Crippen LogP contribution in [0.25, 0.3) is 11.3 Å². The van der Waals surface area contributed by atoms with Gasteiger partial charge in [-0.05, 0) is 34.5 Å². The van der Waals surface area contributed by atoms with E-state index in [0.717, 1.165) is 34.4 Å². The van der Waals surface area contributed by atoms with Gasteiger partial charge in [-0.3, -0.25) is 0 Å². The lowest BCUT2D eigenvalue weighted by Gasteiger charge is -2.02. The first-order chi connectivity index (χ1) is 8.54. The highest BCUT2D eigenvalue weighted by Gasteiger charge is 2.13. The maximum absolute atomic E-state index is 6.11. The van der Waals surface area contributed by atoms with Crippen LogP contribution in [0.2, 0.25) is 5.02 Å². The second-order valence-electron chi connectivity index (χ2n) is 4.20. The molecule has 1 aromatic carbocycles. The maximum atomic E-state index is 6.11. The quantitative estimate of drug-likeness (QED) is 0.924. The number of nitrogen functional groups attached to an aromatic ring is 1. The topological polar surface area (TPSA) is 43.8 Å². The van der Waals surface area contributed by atoms with E-state index >= 15 is 0 Å². The van der Waals surface area contributed by atoms with Crippen molar-refractivity contribution in [2.45, 2.75) is 19.8 Å². The van der Waals surface area contributed by atoms with E-state index in [-0.39, 0.29) is 0 Å². The molecule has 0 aliphatic rings. The van der Waals surface area contributed by atoms with Gasteiger partial charge in [-0.2, -0.15) is 0 Å². The first kappa shape index (κ1) is 13.4. The molecule has 0 aliphatic carbocycles. The van der Waals surface area contributed by atoms with Gasteiger partial charge < -0.3 is 10.3 Å². The number of aromatic nitrogens is 2. The monoisotopic (exact) mass is 327 g/mol. The van der Waals surface area contributed by atoms with E-state index in [1.54, 1.807) is 0 Å². The fraction of sp³-hybridized carbons (Fsp3) is 0.308. The van der Waals surface area contributed by atoms with Gasteiger partial charge in [-0.1, -0.05) is 24.6 Å². The minimum Gasteiger partial charge on any atom is -0.383 e. The lowest BCUT2D eigenvalue weighted by atomic mass is 10.1. The molecule has 0 bridgehead atoms. The fourth-order valence-electron chi connectivity index (χ4n) is 1.86. The van der Waals surface area contributed by atoms with Gasteiger partial charge in [0.15, 0.2) is 0 Å². The molecule has 0 unspecified atom stereocenters. The molecule has 18 heavy (non-hydrogen) atoms. The average molecular weight is 329 g/mol. The summed E-state index contributed by atoms with van der Waals surface area (Å²) in [5.74, 6) is 1.70. The number of aryl methyl sites for hydroxylation is 1. The molecule has 0 saturated heterocycles. The summed E-state index contributed by atoms with van der Waals surface area (Å²) in [5, 5.41) is 0.682. The van der Waals surface area contributed by atoms with Crippen molar-refractivity contribution in [2.75, 3.05) is 5.73 Å². The first-order valence-electron chi connectivity index (χ1n) is 5.81. The number of rotatable bonds is 3. The molecular weight excluding hydrogens is 314 g/mol. The Balaban J connectivity index is 2.50. The molecule has 2 N–H and O–H groups in total. The van der Waals surface area contributed by atoms with E-state index in [2.05, 4.69) is 27.8 Å². The third kappa shape index (κ3) is 2.40. The van der Waals surface area contributed by atoms with Crippen molar-refractivity contribution in [3.8, 4) is 11.3 Å². The predicted molar refractivity (Wildman–Crippen MR) is 79.8 cm³/mol. The van der Waals surface area contributed by atoms with E-state index < -0.39 is 0 Å². The number of nitrogens with zero attached hydrogens (tertiary/aromatic N) is 2. The Labute approximate surface area is 120 Å². The summed E-state index contributed by atoms with van der Waals surface area (Å²) < 4.78 is 2.80. The molecule has 1 aromatic heterocycles. The molecular formula is C13H15BrClN3. The van der Waals surface area contributed by atoms with Crippen molar-refractivity contribution in [3.05, 3.63) is 33.5 Å². The van der Waals surface area contributed by atoms with Crippen LogP contribution in [0.3, 0.4) is 0 Å². The molecule has 5 heteroatoms. The van der Waals surface area contributed by atoms with Gasteiger partial charge in [-0.25, -0.2) is 4.98 Å². The van der Waals surface area contributed by atoms with Crippen LogP contribution in [0.5, 0.6) is 0 Å².